The molecule has 1 aliphatic heterocycles. The third-order valence-corrected chi connectivity index (χ3v) is 4.24. The summed E-state index contributed by atoms with van der Waals surface area (Å²) >= 11 is 0. The van der Waals surface area contributed by atoms with Crippen LogP contribution in [-0.4, -0.2) is 55.6 Å². The van der Waals surface area contributed by atoms with E-state index in [0.29, 0.717) is 12.6 Å². The molecule has 21 heavy (non-hydrogen) atoms. The predicted octanol–water partition coefficient (Wildman–Crippen LogP) is 0.860. The predicted molar refractivity (Wildman–Crippen MR) is 84.7 cm³/mol. The second-order valence-corrected chi connectivity index (χ2v) is 5.87. The van der Waals surface area contributed by atoms with Crippen molar-refractivity contribution >= 4 is 24.3 Å². The molecule has 2 aliphatic rings. The smallest absolute Gasteiger partial charge is 0.321 e. The summed E-state index contributed by atoms with van der Waals surface area (Å²) in [5, 5.41) is 8.54. The molecule has 7 heteroatoms. The number of urea groups is 1. The second kappa shape index (κ2) is 9.23. The van der Waals surface area contributed by atoms with Crippen LogP contribution in [0.4, 0.5) is 4.79 Å². The third-order valence-electron chi connectivity index (χ3n) is 4.24. The van der Waals surface area contributed by atoms with Gasteiger partial charge in [-0.1, -0.05) is 19.3 Å². The molecule has 1 atom stereocenters. The van der Waals surface area contributed by atoms with Crippen LogP contribution in [0, 0.1) is 0 Å². The number of hydrogen-bond donors (Lipinski definition) is 3. The Morgan fingerprint density at radius 2 is 1.81 bits per heavy atom. The van der Waals surface area contributed by atoms with E-state index >= 15 is 0 Å². The maximum atomic E-state index is 11.8. The van der Waals surface area contributed by atoms with Gasteiger partial charge in [0.1, 0.15) is 0 Å². The van der Waals surface area contributed by atoms with Crippen LogP contribution in [0.25, 0.3) is 0 Å². The van der Waals surface area contributed by atoms with Crippen molar-refractivity contribution in [2.45, 2.75) is 50.6 Å². The van der Waals surface area contributed by atoms with Crippen LogP contribution >= 0.6 is 12.4 Å². The molecule has 2 fully saturated rings. The van der Waals surface area contributed by atoms with Crippen molar-refractivity contribution in [3.63, 3.8) is 0 Å². The van der Waals surface area contributed by atoms with Gasteiger partial charge in [0.05, 0.1) is 6.54 Å². The van der Waals surface area contributed by atoms with Gasteiger partial charge in [0.2, 0.25) is 5.91 Å². The van der Waals surface area contributed by atoms with Crippen LogP contribution in [0.15, 0.2) is 0 Å². The van der Waals surface area contributed by atoms with Crippen LogP contribution in [0.1, 0.15) is 38.5 Å². The number of carbonyl (C=O) groups excluding carboxylic acids is 2. The Morgan fingerprint density at radius 1 is 1.10 bits per heavy atom. The second-order valence-electron chi connectivity index (χ2n) is 5.87. The zero-order chi connectivity index (χ0) is 14.4. The van der Waals surface area contributed by atoms with Crippen molar-refractivity contribution in [3.05, 3.63) is 0 Å². The lowest BCUT2D eigenvalue weighted by molar-refractivity contribution is -0.120. The molecule has 1 unspecified atom stereocenters. The van der Waals surface area contributed by atoms with Crippen molar-refractivity contribution in [1.29, 1.82) is 0 Å². The van der Waals surface area contributed by atoms with Gasteiger partial charge in [0.15, 0.2) is 0 Å². The van der Waals surface area contributed by atoms with E-state index in [1.54, 1.807) is 0 Å². The van der Waals surface area contributed by atoms with E-state index < -0.39 is 0 Å². The number of hydrogen-bond acceptors (Lipinski definition) is 4. The minimum Gasteiger partial charge on any atom is -0.335 e. The number of rotatable bonds is 4. The maximum Gasteiger partial charge on any atom is 0.321 e. The molecular formula is C14H27ClN4O2. The maximum absolute atomic E-state index is 11.8. The van der Waals surface area contributed by atoms with Crippen molar-refractivity contribution in [3.8, 4) is 0 Å². The summed E-state index contributed by atoms with van der Waals surface area (Å²) in [6.07, 6.45) is 6.68. The first-order chi connectivity index (χ1) is 9.67. The van der Waals surface area contributed by atoms with Gasteiger partial charge in [-0.15, -0.1) is 12.4 Å². The fourth-order valence-electron chi connectivity index (χ4n) is 3.05. The first kappa shape index (κ1) is 18.2. The molecule has 3 amide bonds. The van der Waals surface area contributed by atoms with Crippen molar-refractivity contribution in [2.24, 2.45) is 0 Å². The van der Waals surface area contributed by atoms with E-state index in [1.165, 1.54) is 6.42 Å². The Morgan fingerprint density at radius 3 is 2.43 bits per heavy atom. The number of likely N-dealkylation sites (N-methyl/N-ethyl adjacent to an activating group) is 1. The van der Waals surface area contributed by atoms with E-state index in [0.717, 1.165) is 45.2 Å². The number of carbonyl (C=O) groups is 2. The Bertz CT molecular complexity index is 348. The van der Waals surface area contributed by atoms with Gasteiger partial charge in [0, 0.05) is 25.2 Å². The average molecular weight is 319 g/mol. The summed E-state index contributed by atoms with van der Waals surface area (Å²) in [5.74, 6) is -0.213. The van der Waals surface area contributed by atoms with Gasteiger partial charge >= 0.3 is 6.03 Å². The van der Waals surface area contributed by atoms with E-state index in [9.17, 15) is 9.59 Å². The molecule has 6 nitrogen and oxygen atoms in total. The van der Waals surface area contributed by atoms with Gasteiger partial charge in [-0.05, 0) is 26.3 Å². The zero-order valence-corrected chi connectivity index (χ0v) is 13.5. The zero-order valence-electron chi connectivity index (χ0n) is 12.7. The molecule has 0 aromatic heterocycles. The van der Waals surface area contributed by atoms with Crippen molar-refractivity contribution < 1.29 is 9.59 Å². The molecule has 122 valence electrons. The fourth-order valence-corrected chi connectivity index (χ4v) is 3.05. The van der Waals surface area contributed by atoms with Crippen molar-refractivity contribution in [1.82, 2.24) is 20.9 Å². The number of amides is 3. The van der Waals surface area contributed by atoms with Crippen LogP contribution < -0.4 is 16.0 Å². The standard InChI is InChI=1S/C14H26N4O2.ClH/c1-15-12-7-8-18(9-12)10-13(19)17-14(20)16-11-5-3-2-4-6-11;/h11-12,15H,2-10H2,1H3,(H2,16,17,19,20);1H. The lowest BCUT2D eigenvalue weighted by Crippen LogP contribution is -2.48. The summed E-state index contributed by atoms with van der Waals surface area (Å²) < 4.78 is 0. The number of nitrogens with zero attached hydrogens (tertiary/aromatic N) is 1. The highest BCUT2D eigenvalue weighted by Gasteiger charge is 2.23. The highest BCUT2D eigenvalue weighted by Crippen LogP contribution is 2.17. The van der Waals surface area contributed by atoms with Gasteiger partial charge in [-0.2, -0.15) is 0 Å². The normalized spacial score (nSPS) is 23.4. The largest absolute Gasteiger partial charge is 0.335 e. The number of likely N-dealkylation sites (tertiary alicyclic amines) is 1. The van der Waals surface area contributed by atoms with Crippen LogP contribution in [0.2, 0.25) is 0 Å². The molecule has 1 saturated heterocycles. The highest BCUT2D eigenvalue weighted by molar-refractivity contribution is 5.95. The van der Waals surface area contributed by atoms with E-state index in [-0.39, 0.29) is 30.4 Å². The molecule has 1 aliphatic carbocycles. The molecule has 1 saturated carbocycles. The summed E-state index contributed by atoms with van der Waals surface area (Å²) in [4.78, 5) is 25.6. The Hall–Kier alpha value is -0.850. The lowest BCUT2D eigenvalue weighted by Gasteiger charge is -2.23. The van der Waals surface area contributed by atoms with Crippen LogP contribution in [-0.2, 0) is 4.79 Å². The monoisotopic (exact) mass is 318 g/mol. The number of imide groups is 1. The van der Waals surface area contributed by atoms with E-state index in [1.807, 2.05) is 7.05 Å². The van der Waals surface area contributed by atoms with Crippen molar-refractivity contribution in [2.75, 3.05) is 26.7 Å². The van der Waals surface area contributed by atoms with Gasteiger partial charge in [0.25, 0.3) is 0 Å². The molecule has 0 spiro atoms. The first-order valence-corrected chi connectivity index (χ1v) is 7.67. The van der Waals surface area contributed by atoms with Gasteiger partial charge in [-0.25, -0.2) is 4.79 Å². The molecule has 0 radical (unpaired) electrons. The van der Waals surface area contributed by atoms with E-state index in [4.69, 9.17) is 0 Å². The Kier molecular flexibility index (Phi) is 8.00. The minimum atomic E-state index is -0.341. The first-order valence-electron chi connectivity index (χ1n) is 7.67. The van der Waals surface area contributed by atoms with Crippen LogP contribution in [0.3, 0.4) is 0 Å². The quantitative estimate of drug-likeness (QED) is 0.719. The molecule has 1 heterocycles. The Labute approximate surface area is 132 Å². The van der Waals surface area contributed by atoms with Gasteiger partial charge < -0.3 is 10.6 Å². The summed E-state index contributed by atoms with van der Waals surface area (Å²) in [6, 6.07) is 0.349. The molecule has 2 rings (SSSR count). The molecule has 0 bridgehead atoms. The molecular weight excluding hydrogens is 292 g/mol. The number of nitrogens with one attached hydrogen (secondary N) is 3. The van der Waals surface area contributed by atoms with E-state index in [2.05, 4.69) is 20.9 Å². The number of halogens is 1. The Balaban J connectivity index is 0.00000220. The summed E-state index contributed by atoms with van der Waals surface area (Å²) in [7, 11) is 1.94. The molecule has 3 N–H and O–H groups in total. The fraction of sp³-hybridized carbons (Fsp3) is 0.857. The average Bonchev–Trinajstić information content (AvgIpc) is 2.87. The minimum absolute atomic E-state index is 0. The highest BCUT2D eigenvalue weighted by atomic mass is 35.5. The lowest BCUT2D eigenvalue weighted by atomic mass is 9.96. The SMILES string of the molecule is CNC1CCN(CC(=O)NC(=O)NC2CCCCC2)C1.Cl. The van der Waals surface area contributed by atoms with Crippen LogP contribution in [0.5, 0.6) is 0 Å². The summed E-state index contributed by atoms with van der Waals surface area (Å²) in [5.41, 5.74) is 0. The van der Waals surface area contributed by atoms with Gasteiger partial charge in [-0.3, -0.25) is 15.0 Å². The molecule has 0 aromatic carbocycles. The topological polar surface area (TPSA) is 73.5 Å². The molecule has 0 aromatic rings. The third kappa shape index (κ3) is 6.20. The summed E-state index contributed by atoms with van der Waals surface area (Å²) in [6.45, 7) is 2.08.